The van der Waals surface area contributed by atoms with Crippen LogP contribution in [0.15, 0.2) is 47.5 Å². The number of nitrogens with zero attached hydrogens (tertiary/aromatic N) is 4. The molecule has 0 saturated carbocycles. The number of ether oxygens (including phenoxy) is 1. The summed E-state index contributed by atoms with van der Waals surface area (Å²) in [6.45, 7) is 0.476. The average Bonchev–Trinajstić information content (AvgIpc) is 3.03. The first kappa shape index (κ1) is 13.0. The van der Waals surface area contributed by atoms with Crippen LogP contribution in [-0.2, 0) is 6.54 Å². The summed E-state index contributed by atoms with van der Waals surface area (Å²) in [6.07, 6.45) is 2.86. The van der Waals surface area contributed by atoms with Crippen LogP contribution in [0.3, 0.4) is 0 Å². The van der Waals surface area contributed by atoms with Gasteiger partial charge >= 0.3 is 0 Å². The van der Waals surface area contributed by atoms with E-state index in [1.165, 1.54) is 12.7 Å². The van der Waals surface area contributed by atoms with Gasteiger partial charge in [-0.15, -0.1) is 0 Å². The Balaban J connectivity index is 1.68. The molecule has 0 spiro atoms. The molecular formula is C14H13N5O2. The van der Waals surface area contributed by atoms with Gasteiger partial charge in [0.1, 0.15) is 24.1 Å². The molecule has 3 rings (SSSR count). The summed E-state index contributed by atoms with van der Waals surface area (Å²) in [6, 6.07) is 9.46. The minimum absolute atomic E-state index is 0.476. The zero-order valence-corrected chi connectivity index (χ0v) is 11.4. The minimum atomic E-state index is 0.476. The van der Waals surface area contributed by atoms with Crippen LogP contribution in [0, 0.1) is 0 Å². The number of hydrogen-bond acceptors (Lipinski definition) is 7. The van der Waals surface area contributed by atoms with Crippen LogP contribution in [-0.4, -0.2) is 27.2 Å². The number of anilines is 1. The van der Waals surface area contributed by atoms with Gasteiger partial charge in [-0.25, -0.2) is 15.0 Å². The van der Waals surface area contributed by atoms with Crippen molar-refractivity contribution in [2.24, 2.45) is 0 Å². The van der Waals surface area contributed by atoms with E-state index in [2.05, 4.69) is 25.4 Å². The molecular weight excluding hydrogens is 270 g/mol. The maximum absolute atomic E-state index is 5.33. The smallest absolute Gasteiger partial charge is 0.225 e. The summed E-state index contributed by atoms with van der Waals surface area (Å²) >= 11 is 0. The van der Waals surface area contributed by atoms with E-state index in [9.17, 15) is 0 Å². The lowest BCUT2D eigenvalue weighted by Gasteiger charge is -2.00. The largest absolute Gasteiger partial charge is 0.497 e. The summed E-state index contributed by atoms with van der Waals surface area (Å²) in [5.74, 6) is 2.00. The van der Waals surface area contributed by atoms with Crippen molar-refractivity contribution in [2.75, 3.05) is 12.4 Å². The molecule has 21 heavy (non-hydrogen) atoms. The molecule has 2 heterocycles. The summed E-state index contributed by atoms with van der Waals surface area (Å²) in [5, 5.41) is 7.05. The predicted molar refractivity (Wildman–Crippen MR) is 75.6 cm³/mol. The number of hydrogen-bond donors (Lipinski definition) is 1. The van der Waals surface area contributed by atoms with Gasteiger partial charge in [0, 0.05) is 11.6 Å². The fraction of sp³-hybridized carbons (Fsp3) is 0.143. The molecule has 1 aromatic carbocycles. The highest BCUT2D eigenvalue weighted by atomic mass is 16.5. The number of methoxy groups -OCH3 is 1. The van der Waals surface area contributed by atoms with E-state index in [0.717, 1.165) is 17.0 Å². The molecule has 1 N–H and O–H groups in total. The maximum atomic E-state index is 5.33. The lowest BCUT2D eigenvalue weighted by molar-refractivity contribution is 0.414. The van der Waals surface area contributed by atoms with Gasteiger partial charge in [0.25, 0.3) is 0 Å². The monoisotopic (exact) mass is 283 g/mol. The highest BCUT2D eigenvalue weighted by Crippen LogP contribution is 2.23. The molecule has 0 bridgehead atoms. The molecule has 7 nitrogen and oxygen atoms in total. The zero-order valence-electron chi connectivity index (χ0n) is 11.4. The summed E-state index contributed by atoms with van der Waals surface area (Å²) in [4.78, 5) is 11.7. The third-order valence-corrected chi connectivity index (χ3v) is 2.85. The molecule has 0 atom stereocenters. The molecule has 3 aromatic rings. The molecule has 0 aliphatic carbocycles. The van der Waals surface area contributed by atoms with E-state index in [4.69, 9.17) is 9.26 Å². The van der Waals surface area contributed by atoms with Crippen LogP contribution >= 0.6 is 0 Å². The Morgan fingerprint density at radius 1 is 1.14 bits per heavy atom. The predicted octanol–water partition coefficient (Wildman–Crippen LogP) is 2.15. The zero-order chi connectivity index (χ0) is 14.5. The first-order chi connectivity index (χ1) is 10.3. The van der Waals surface area contributed by atoms with Gasteiger partial charge in [0.2, 0.25) is 5.95 Å². The van der Waals surface area contributed by atoms with Gasteiger partial charge in [-0.05, 0) is 24.3 Å². The van der Waals surface area contributed by atoms with Gasteiger partial charge in [-0.2, -0.15) is 0 Å². The number of nitrogens with one attached hydrogen (secondary N) is 1. The van der Waals surface area contributed by atoms with E-state index < -0.39 is 0 Å². The Morgan fingerprint density at radius 3 is 2.62 bits per heavy atom. The van der Waals surface area contributed by atoms with Gasteiger partial charge in [-0.1, -0.05) is 5.16 Å². The van der Waals surface area contributed by atoms with Gasteiger partial charge in [0.05, 0.1) is 13.7 Å². The number of aromatic nitrogens is 4. The van der Waals surface area contributed by atoms with E-state index in [-0.39, 0.29) is 0 Å². The molecule has 0 fully saturated rings. The van der Waals surface area contributed by atoms with E-state index in [1.54, 1.807) is 7.11 Å². The molecule has 0 radical (unpaired) electrons. The fourth-order valence-corrected chi connectivity index (χ4v) is 1.79. The Bertz CT molecular complexity index is 697. The molecule has 106 valence electrons. The molecule has 0 aliphatic rings. The van der Waals surface area contributed by atoms with Crippen LogP contribution in [0.25, 0.3) is 11.3 Å². The Hall–Kier alpha value is -2.96. The third kappa shape index (κ3) is 3.14. The molecule has 0 amide bonds. The first-order valence-electron chi connectivity index (χ1n) is 6.31. The van der Waals surface area contributed by atoms with Crippen molar-refractivity contribution in [1.29, 1.82) is 0 Å². The minimum Gasteiger partial charge on any atom is -0.497 e. The van der Waals surface area contributed by atoms with E-state index >= 15 is 0 Å². The molecule has 0 aliphatic heterocycles. The average molecular weight is 283 g/mol. The van der Waals surface area contributed by atoms with Crippen molar-refractivity contribution in [3.8, 4) is 17.1 Å². The van der Waals surface area contributed by atoms with Crippen LogP contribution in [0.4, 0.5) is 5.95 Å². The van der Waals surface area contributed by atoms with Gasteiger partial charge in [0.15, 0.2) is 5.76 Å². The lowest BCUT2D eigenvalue weighted by atomic mass is 10.1. The highest BCUT2D eigenvalue weighted by Gasteiger charge is 2.07. The van der Waals surface area contributed by atoms with Crippen molar-refractivity contribution in [1.82, 2.24) is 20.1 Å². The van der Waals surface area contributed by atoms with Crippen LogP contribution in [0.5, 0.6) is 5.75 Å². The number of rotatable bonds is 5. The molecule has 0 unspecified atom stereocenters. The summed E-state index contributed by atoms with van der Waals surface area (Å²) in [5.41, 5.74) is 1.70. The quantitative estimate of drug-likeness (QED) is 0.767. The Labute approximate surface area is 121 Å². The molecule has 0 saturated heterocycles. The second-order valence-corrected chi connectivity index (χ2v) is 4.23. The SMILES string of the molecule is COc1ccc(-c2cc(CNc3ncncn3)no2)cc1. The summed E-state index contributed by atoms with van der Waals surface area (Å²) in [7, 11) is 1.63. The Kier molecular flexibility index (Phi) is 3.72. The van der Waals surface area contributed by atoms with Gasteiger partial charge in [-0.3, -0.25) is 0 Å². The van der Waals surface area contributed by atoms with E-state index in [1.807, 2.05) is 30.3 Å². The van der Waals surface area contributed by atoms with Crippen molar-refractivity contribution >= 4 is 5.95 Å². The maximum Gasteiger partial charge on any atom is 0.225 e. The second-order valence-electron chi connectivity index (χ2n) is 4.23. The third-order valence-electron chi connectivity index (χ3n) is 2.85. The highest BCUT2D eigenvalue weighted by molar-refractivity contribution is 5.58. The number of benzene rings is 1. The topological polar surface area (TPSA) is 86.0 Å². The standard InChI is InChI=1S/C14H13N5O2/c1-20-12-4-2-10(3-5-12)13-6-11(19-21-13)7-16-14-17-8-15-9-18-14/h2-6,8-9H,7H2,1H3,(H,15,16,17,18). The summed E-state index contributed by atoms with van der Waals surface area (Å²) < 4.78 is 10.5. The van der Waals surface area contributed by atoms with E-state index in [0.29, 0.717) is 18.3 Å². The lowest BCUT2D eigenvalue weighted by Crippen LogP contribution is -2.03. The molecule has 7 heteroatoms. The van der Waals surface area contributed by atoms with Crippen LogP contribution < -0.4 is 10.1 Å². The van der Waals surface area contributed by atoms with Crippen molar-refractivity contribution < 1.29 is 9.26 Å². The van der Waals surface area contributed by atoms with Crippen LogP contribution in [0.2, 0.25) is 0 Å². The normalized spacial score (nSPS) is 10.3. The first-order valence-corrected chi connectivity index (χ1v) is 6.31. The van der Waals surface area contributed by atoms with Crippen molar-refractivity contribution in [2.45, 2.75) is 6.54 Å². The second kappa shape index (κ2) is 6.00. The van der Waals surface area contributed by atoms with Crippen molar-refractivity contribution in [3.05, 3.63) is 48.7 Å². The van der Waals surface area contributed by atoms with Gasteiger partial charge < -0.3 is 14.6 Å². The Morgan fingerprint density at radius 2 is 1.90 bits per heavy atom. The van der Waals surface area contributed by atoms with Crippen LogP contribution in [0.1, 0.15) is 5.69 Å². The van der Waals surface area contributed by atoms with Crippen molar-refractivity contribution in [3.63, 3.8) is 0 Å². The fourth-order valence-electron chi connectivity index (χ4n) is 1.79. The molecule has 2 aromatic heterocycles.